The van der Waals surface area contributed by atoms with Gasteiger partial charge in [-0.05, 0) is 118 Å². The zero-order valence-corrected chi connectivity index (χ0v) is 23.0. The van der Waals surface area contributed by atoms with Crippen LogP contribution < -0.4 is 4.74 Å². The molecule has 3 saturated carbocycles. The molecule has 0 unspecified atom stereocenters. The average molecular weight is 539 g/mol. The highest BCUT2D eigenvalue weighted by Crippen LogP contribution is 2.45. The van der Waals surface area contributed by atoms with E-state index in [2.05, 4.69) is 18.2 Å². The molecule has 3 aliphatic carbocycles. The summed E-state index contributed by atoms with van der Waals surface area (Å²) in [6.45, 7) is 4.99. The quantitative estimate of drug-likeness (QED) is 0.159. The first kappa shape index (κ1) is 29.4. The third kappa shape index (κ3) is 7.99. The van der Waals surface area contributed by atoms with Crippen LogP contribution in [0.25, 0.3) is 0 Å². The zero-order chi connectivity index (χ0) is 27.1. The van der Waals surface area contributed by atoms with E-state index in [0.717, 1.165) is 75.7 Å². The maximum Gasteiger partial charge on any atom is 0.422 e. The fourth-order valence-corrected chi connectivity index (χ4v) is 7.14. The predicted molar refractivity (Wildman–Crippen MR) is 143 cm³/mol. The van der Waals surface area contributed by atoms with E-state index in [-0.39, 0.29) is 17.6 Å². The van der Waals surface area contributed by atoms with E-state index in [1.54, 1.807) is 0 Å². The second kappa shape index (κ2) is 13.7. The van der Waals surface area contributed by atoms with E-state index >= 15 is 4.39 Å². The van der Waals surface area contributed by atoms with Crippen molar-refractivity contribution in [1.82, 2.24) is 0 Å². The van der Waals surface area contributed by atoms with Gasteiger partial charge in [-0.25, -0.2) is 4.39 Å². The third-order valence-electron chi connectivity index (χ3n) is 9.58. The van der Waals surface area contributed by atoms with Crippen molar-refractivity contribution in [3.8, 4) is 5.75 Å². The van der Waals surface area contributed by atoms with E-state index < -0.39 is 30.1 Å². The number of unbranched alkanes of at least 4 members (excludes halogenated alkanes) is 1. The first-order valence-electron chi connectivity index (χ1n) is 15.0. The standard InChI is InChI=1S/C32H46F4O2/c1-3-4-5-6-23-9-11-24(12-10-23)25-13-15-26(16-14-25)28-19-20-29(31(34)30(28)33)38-32(35,36)21-37-27-17-7-22(2)8-18-27/h3,19-20,22-27H,1,4-18,21H2,2H3. The third-order valence-corrected chi connectivity index (χ3v) is 9.58. The molecule has 4 rings (SSSR count). The van der Waals surface area contributed by atoms with E-state index in [0.29, 0.717) is 11.8 Å². The lowest BCUT2D eigenvalue weighted by Gasteiger charge is -2.38. The van der Waals surface area contributed by atoms with Crippen molar-refractivity contribution < 1.29 is 27.0 Å². The average Bonchev–Trinajstić information content (AvgIpc) is 2.92. The molecule has 0 N–H and O–H groups in total. The number of rotatable bonds is 11. The van der Waals surface area contributed by atoms with E-state index in [4.69, 9.17) is 4.74 Å². The summed E-state index contributed by atoms with van der Waals surface area (Å²) in [5.74, 6) is -0.398. The van der Waals surface area contributed by atoms with Crippen LogP contribution in [0.4, 0.5) is 17.6 Å². The minimum Gasteiger partial charge on any atom is -0.428 e. The molecule has 3 fully saturated rings. The molecule has 6 heteroatoms. The highest BCUT2D eigenvalue weighted by molar-refractivity contribution is 5.33. The van der Waals surface area contributed by atoms with Gasteiger partial charge in [0.05, 0.1) is 6.10 Å². The van der Waals surface area contributed by atoms with Crippen LogP contribution in [0, 0.1) is 35.3 Å². The monoisotopic (exact) mass is 538 g/mol. The molecular weight excluding hydrogens is 492 g/mol. The molecule has 0 amide bonds. The van der Waals surface area contributed by atoms with Crippen LogP contribution in [0.5, 0.6) is 5.75 Å². The molecule has 0 spiro atoms. The number of allylic oxidation sites excluding steroid dienone is 1. The molecule has 1 aromatic rings. The number of hydrogen-bond acceptors (Lipinski definition) is 2. The summed E-state index contributed by atoms with van der Waals surface area (Å²) < 4.78 is 68.6. The van der Waals surface area contributed by atoms with Gasteiger partial charge < -0.3 is 9.47 Å². The van der Waals surface area contributed by atoms with Crippen molar-refractivity contribution >= 4 is 0 Å². The molecule has 0 aliphatic heterocycles. The van der Waals surface area contributed by atoms with Crippen molar-refractivity contribution in [3.05, 3.63) is 42.0 Å². The van der Waals surface area contributed by atoms with Crippen LogP contribution in [0.1, 0.15) is 115 Å². The van der Waals surface area contributed by atoms with Gasteiger partial charge in [-0.15, -0.1) is 6.58 Å². The maximum absolute atomic E-state index is 15.0. The Morgan fingerprint density at radius 2 is 1.50 bits per heavy atom. The van der Waals surface area contributed by atoms with Gasteiger partial charge in [-0.1, -0.05) is 38.3 Å². The number of alkyl halides is 2. The van der Waals surface area contributed by atoms with Crippen molar-refractivity contribution in [3.63, 3.8) is 0 Å². The number of halogens is 4. The first-order valence-corrected chi connectivity index (χ1v) is 15.0. The summed E-state index contributed by atoms with van der Waals surface area (Å²) in [5.41, 5.74) is 0.287. The molecule has 0 radical (unpaired) electrons. The van der Waals surface area contributed by atoms with Crippen LogP contribution in [-0.4, -0.2) is 18.8 Å². The minimum atomic E-state index is -3.72. The highest BCUT2D eigenvalue weighted by atomic mass is 19.3. The fraction of sp³-hybridized carbons (Fsp3) is 0.750. The van der Waals surface area contributed by atoms with Crippen LogP contribution in [0.15, 0.2) is 24.8 Å². The molecule has 0 atom stereocenters. The Hall–Kier alpha value is -1.56. The Labute approximate surface area is 226 Å². The molecule has 214 valence electrons. The lowest BCUT2D eigenvalue weighted by Crippen LogP contribution is -2.34. The van der Waals surface area contributed by atoms with Gasteiger partial charge in [0.2, 0.25) is 5.82 Å². The van der Waals surface area contributed by atoms with E-state index in [9.17, 15) is 13.2 Å². The highest BCUT2D eigenvalue weighted by Gasteiger charge is 2.37. The lowest BCUT2D eigenvalue weighted by molar-refractivity contribution is -0.223. The SMILES string of the molecule is C=CCCCC1CCC(C2CCC(c3ccc(OC(F)(F)COC4CCC(C)CC4)c(F)c3F)CC2)CC1. The summed E-state index contributed by atoms with van der Waals surface area (Å²) in [4.78, 5) is 0. The molecule has 1 aromatic carbocycles. The Morgan fingerprint density at radius 1 is 0.868 bits per heavy atom. The molecule has 0 heterocycles. The summed E-state index contributed by atoms with van der Waals surface area (Å²) in [5, 5.41) is 0. The van der Waals surface area contributed by atoms with Crippen molar-refractivity contribution in [1.29, 1.82) is 0 Å². The maximum atomic E-state index is 15.0. The molecule has 0 aromatic heterocycles. The summed E-state index contributed by atoms with van der Waals surface area (Å²) >= 11 is 0. The minimum absolute atomic E-state index is 0.0809. The van der Waals surface area contributed by atoms with Crippen LogP contribution in [0.3, 0.4) is 0 Å². The Morgan fingerprint density at radius 3 is 2.13 bits per heavy atom. The first-order chi connectivity index (χ1) is 18.3. The van der Waals surface area contributed by atoms with Crippen LogP contribution >= 0.6 is 0 Å². The molecular formula is C32H46F4O2. The molecule has 2 nitrogen and oxygen atoms in total. The summed E-state index contributed by atoms with van der Waals surface area (Å²) in [6.07, 6.45) is 13.9. The largest absolute Gasteiger partial charge is 0.428 e. The van der Waals surface area contributed by atoms with E-state index in [1.807, 2.05) is 6.08 Å². The van der Waals surface area contributed by atoms with E-state index in [1.165, 1.54) is 44.6 Å². The fourth-order valence-electron chi connectivity index (χ4n) is 7.14. The van der Waals surface area contributed by atoms with Gasteiger partial charge in [0.25, 0.3) is 0 Å². The molecule has 3 aliphatic rings. The predicted octanol–water partition coefficient (Wildman–Crippen LogP) is 9.97. The lowest BCUT2D eigenvalue weighted by atomic mass is 9.68. The van der Waals surface area contributed by atoms with Gasteiger partial charge in [-0.2, -0.15) is 13.2 Å². The number of benzene rings is 1. The van der Waals surface area contributed by atoms with Gasteiger partial charge in [-0.3, -0.25) is 0 Å². The van der Waals surface area contributed by atoms with Crippen LogP contribution in [-0.2, 0) is 4.74 Å². The number of ether oxygens (including phenoxy) is 2. The van der Waals surface area contributed by atoms with Gasteiger partial charge >= 0.3 is 6.11 Å². The Balaban J connectivity index is 1.25. The second-order valence-electron chi connectivity index (χ2n) is 12.3. The topological polar surface area (TPSA) is 18.5 Å². The smallest absolute Gasteiger partial charge is 0.422 e. The van der Waals surface area contributed by atoms with Gasteiger partial charge in [0, 0.05) is 0 Å². The Bertz CT molecular complexity index is 880. The second-order valence-corrected chi connectivity index (χ2v) is 12.3. The summed E-state index contributed by atoms with van der Waals surface area (Å²) in [6, 6.07) is 2.59. The van der Waals surface area contributed by atoms with Crippen molar-refractivity contribution in [2.24, 2.45) is 23.7 Å². The molecule has 0 bridgehead atoms. The van der Waals surface area contributed by atoms with Crippen molar-refractivity contribution in [2.45, 2.75) is 121 Å². The van der Waals surface area contributed by atoms with Crippen LogP contribution in [0.2, 0.25) is 0 Å². The van der Waals surface area contributed by atoms with Gasteiger partial charge in [0.15, 0.2) is 18.2 Å². The Kier molecular flexibility index (Phi) is 10.6. The number of hydrogen-bond donors (Lipinski definition) is 0. The normalized spacial score (nSPS) is 30.7. The van der Waals surface area contributed by atoms with Crippen molar-refractivity contribution in [2.75, 3.05) is 6.61 Å². The molecule has 0 saturated heterocycles. The molecule has 38 heavy (non-hydrogen) atoms. The summed E-state index contributed by atoms with van der Waals surface area (Å²) in [7, 11) is 0. The zero-order valence-electron chi connectivity index (χ0n) is 23.0. The van der Waals surface area contributed by atoms with Gasteiger partial charge in [0.1, 0.15) is 0 Å².